The maximum atomic E-state index is 12.2. The molecule has 2 aliphatic heterocycles. The average Bonchev–Trinajstić information content (AvgIpc) is 3.22. The van der Waals surface area contributed by atoms with Gasteiger partial charge in [-0.25, -0.2) is 0 Å². The summed E-state index contributed by atoms with van der Waals surface area (Å²) >= 11 is 0. The van der Waals surface area contributed by atoms with E-state index in [4.69, 9.17) is 4.74 Å². The highest BCUT2D eigenvalue weighted by atomic mass is 16.5. The fraction of sp³-hybridized carbons (Fsp3) is 0.731. The summed E-state index contributed by atoms with van der Waals surface area (Å²) in [6.45, 7) is 10.5. The Morgan fingerprint density at radius 2 is 1.83 bits per heavy atom. The van der Waals surface area contributed by atoms with E-state index < -0.39 is 0 Å². The van der Waals surface area contributed by atoms with Crippen molar-refractivity contribution in [1.82, 2.24) is 10.2 Å². The van der Waals surface area contributed by atoms with Gasteiger partial charge in [0.05, 0.1) is 6.61 Å². The number of carbonyl (C=O) groups excluding carboxylic acids is 1. The van der Waals surface area contributed by atoms with Gasteiger partial charge < -0.3 is 15.0 Å². The molecule has 1 aromatic carbocycles. The van der Waals surface area contributed by atoms with Gasteiger partial charge in [0.2, 0.25) is 5.91 Å². The normalized spacial score (nSPS) is 25.6. The summed E-state index contributed by atoms with van der Waals surface area (Å²) in [6, 6.07) is 7.03. The van der Waals surface area contributed by atoms with Gasteiger partial charge >= 0.3 is 0 Å². The van der Waals surface area contributed by atoms with Gasteiger partial charge in [-0.1, -0.05) is 32.9 Å². The summed E-state index contributed by atoms with van der Waals surface area (Å²) < 4.78 is 5.77. The third kappa shape index (κ3) is 5.19. The predicted octanol–water partition coefficient (Wildman–Crippen LogP) is 4.91. The molecule has 2 fully saturated rings. The van der Waals surface area contributed by atoms with Crippen LogP contribution in [0.15, 0.2) is 18.2 Å². The number of likely N-dealkylation sites (tertiary alicyclic amines) is 1. The summed E-state index contributed by atoms with van der Waals surface area (Å²) in [4.78, 5) is 14.9. The van der Waals surface area contributed by atoms with Crippen LogP contribution in [0.1, 0.15) is 82.8 Å². The molecule has 4 rings (SSSR count). The molecule has 2 heterocycles. The van der Waals surface area contributed by atoms with Gasteiger partial charge in [0.25, 0.3) is 0 Å². The van der Waals surface area contributed by atoms with Crippen molar-refractivity contribution < 1.29 is 9.53 Å². The van der Waals surface area contributed by atoms with Gasteiger partial charge in [-0.3, -0.25) is 4.79 Å². The highest BCUT2D eigenvalue weighted by Crippen LogP contribution is 2.37. The van der Waals surface area contributed by atoms with E-state index >= 15 is 0 Å². The molecule has 0 bridgehead atoms. The Labute approximate surface area is 182 Å². The Hall–Kier alpha value is -1.55. The van der Waals surface area contributed by atoms with E-state index in [0.29, 0.717) is 12.0 Å². The van der Waals surface area contributed by atoms with Crippen molar-refractivity contribution in [2.75, 3.05) is 26.2 Å². The van der Waals surface area contributed by atoms with Gasteiger partial charge in [0.1, 0.15) is 5.75 Å². The van der Waals surface area contributed by atoms with Crippen LogP contribution in [0.5, 0.6) is 5.75 Å². The molecule has 30 heavy (non-hydrogen) atoms. The zero-order chi connectivity index (χ0) is 21.1. The fourth-order valence-corrected chi connectivity index (χ4v) is 5.46. The lowest BCUT2D eigenvalue weighted by atomic mass is 9.82. The summed E-state index contributed by atoms with van der Waals surface area (Å²) in [5.41, 5.74) is 2.75. The number of hydrogen-bond acceptors (Lipinski definition) is 3. The molecule has 1 saturated heterocycles. The lowest BCUT2D eigenvalue weighted by Gasteiger charge is -2.35. The molecule has 4 nitrogen and oxygen atoms in total. The number of fused-ring (bicyclic) bond motifs is 1. The van der Waals surface area contributed by atoms with E-state index in [0.717, 1.165) is 37.5 Å². The number of amides is 1. The summed E-state index contributed by atoms with van der Waals surface area (Å²) in [5, 5.41) is 3.26. The summed E-state index contributed by atoms with van der Waals surface area (Å²) in [7, 11) is 0. The number of piperidine rings is 1. The first-order chi connectivity index (χ1) is 14.4. The third-order valence-corrected chi connectivity index (χ3v) is 7.52. The maximum Gasteiger partial charge on any atom is 0.225 e. The largest absolute Gasteiger partial charge is 0.493 e. The number of nitrogens with one attached hydrogen (secondary N) is 1. The standard InChI is InChI=1S/C26H40N2O2/c1-26(2,3)25(29)27-21-9-7-19(8-10-21)11-15-28-16-12-20(13-17-28)22-5-4-6-24-23(22)14-18-30-24/h4-6,19-21H,7-18H2,1-3H3,(H,27,29)/t19-,21-. The summed E-state index contributed by atoms with van der Waals surface area (Å²) in [6.07, 6.45) is 9.79. The van der Waals surface area contributed by atoms with Crippen molar-refractivity contribution in [3.05, 3.63) is 29.3 Å². The highest BCUT2D eigenvalue weighted by molar-refractivity contribution is 5.81. The highest BCUT2D eigenvalue weighted by Gasteiger charge is 2.29. The molecule has 1 N–H and O–H groups in total. The van der Waals surface area contributed by atoms with E-state index in [1.165, 1.54) is 57.3 Å². The van der Waals surface area contributed by atoms with Gasteiger partial charge in [0.15, 0.2) is 0 Å². The van der Waals surface area contributed by atoms with Gasteiger partial charge in [-0.05, 0) is 88.0 Å². The lowest BCUT2D eigenvalue weighted by Crippen LogP contribution is -2.43. The monoisotopic (exact) mass is 412 g/mol. The Balaban J connectivity index is 1.17. The van der Waals surface area contributed by atoms with Crippen LogP contribution in [0, 0.1) is 11.3 Å². The van der Waals surface area contributed by atoms with E-state index in [9.17, 15) is 4.79 Å². The number of rotatable bonds is 5. The molecule has 1 aromatic rings. The molecule has 0 radical (unpaired) electrons. The van der Waals surface area contributed by atoms with Crippen molar-refractivity contribution in [2.45, 2.75) is 84.1 Å². The SMILES string of the molecule is CC(C)(C)C(=O)N[C@H]1CC[C@H](CCN2CCC(c3cccc4c3CCO4)CC2)CC1. The van der Waals surface area contributed by atoms with E-state index in [1.54, 1.807) is 5.56 Å². The minimum Gasteiger partial charge on any atom is -0.493 e. The van der Waals surface area contributed by atoms with Gasteiger partial charge in [0, 0.05) is 23.4 Å². The average molecular weight is 413 g/mol. The smallest absolute Gasteiger partial charge is 0.225 e. The minimum atomic E-state index is -0.282. The van der Waals surface area contributed by atoms with Crippen LogP contribution in [-0.2, 0) is 11.2 Å². The van der Waals surface area contributed by atoms with Crippen LogP contribution < -0.4 is 10.1 Å². The molecule has 0 unspecified atom stereocenters. The van der Waals surface area contributed by atoms with Gasteiger partial charge in [-0.15, -0.1) is 0 Å². The second-order valence-corrected chi connectivity index (χ2v) is 10.8. The van der Waals surface area contributed by atoms with Crippen LogP contribution in [0.25, 0.3) is 0 Å². The molecular weight excluding hydrogens is 372 g/mol. The number of hydrogen-bond donors (Lipinski definition) is 1. The third-order valence-electron chi connectivity index (χ3n) is 7.52. The van der Waals surface area contributed by atoms with E-state index in [2.05, 4.69) is 28.4 Å². The Kier molecular flexibility index (Phi) is 6.72. The first-order valence-electron chi connectivity index (χ1n) is 12.2. The number of benzene rings is 1. The molecule has 1 amide bonds. The molecule has 0 atom stereocenters. The van der Waals surface area contributed by atoms with Crippen molar-refractivity contribution in [3.63, 3.8) is 0 Å². The molecule has 4 heteroatoms. The van der Waals surface area contributed by atoms with Crippen molar-refractivity contribution in [2.24, 2.45) is 11.3 Å². The number of ether oxygens (including phenoxy) is 1. The zero-order valence-electron chi connectivity index (χ0n) is 19.2. The van der Waals surface area contributed by atoms with Gasteiger partial charge in [-0.2, -0.15) is 0 Å². The molecule has 166 valence electrons. The van der Waals surface area contributed by atoms with Crippen molar-refractivity contribution in [3.8, 4) is 5.75 Å². The van der Waals surface area contributed by atoms with Crippen molar-refractivity contribution in [1.29, 1.82) is 0 Å². The first-order valence-corrected chi connectivity index (χ1v) is 12.2. The van der Waals surface area contributed by atoms with Crippen molar-refractivity contribution >= 4 is 5.91 Å². The zero-order valence-corrected chi connectivity index (χ0v) is 19.2. The Morgan fingerprint density at radius 3 is 2.53 bits per heavy atom. The lowest BCUT2D eigenvalue weighted by molar-refractivity contribution is -0.129. The summed E-state index contributed by atoms with van der Waals surface area (Å²) in [5.74, 6) is 2.87. The van der Waals surface area contributed by atoms with Crippen LogP contribution in [-0.4, -0.2) is 43.1 Å². The molecular formula is C26H40N2O2. The molecule has 0 aromatic heterocycles. The van der Waals surface area contributed by atoms with Crippen LogP contribution in [0.2, 0.25) is 0 Å². The molecule has 1 saturated carbocycles. The van der Waals surface area contributed by atoms with E-state index in [1.807, 2.05) is 20.8 Å². The number of carbonyl (C=O) groups is 1. The second-order valence-electron chi connectivity index (χ2n) is 10.8. The molecule has 3 aliphatic rings. The molecule has 1 aliphatic carbocycles. The minimum absolute atomic E-state index is 0.199. The van der Waals surface area contributed by atoms with E-state index in [-0.39, 0.29) is 11.3 Å². The van der Waals surface area contributed by atoms with Crippen LogP contribution >= 0.6 is 0 Å². The Bertz CT molecular complexity index is 723. The number of nitrogens with zero attached hydrogens (tertiary/aromatic N) is 1. The molecule has 0 spiro atoms. The maximum absolute atomic E-state index is 12.2. The Morgan fingerprint density at radius 1 is 1.10 bits per heavy atom. The van der Waals surface area contributed by atoms with Crippen LogP contribution in [0.4, 0.5) is 0 Å². The quantitative estimate of drug-likeness (QED) is 0.747. The van der Waals surface area contributed by atoms with Crippen LogP contribution in [0.3, 0.4) is 0 Å². The second kappa shape index (κ2) is 9.30. The topological polar surface area (TPSA) is 41.6 Å². The fourth-order valence-electron chi connectivity index (χ4n) is 5.46. The first kappa shape index (κ1) is 21.7. The predicted molar refractivity (Wildman–Crippen MR) is 122 cm³/mol.